The van der Waals surface area contributed by atoms with Crippen LogP contribution in [0.1, 0.15) is 0 Å². The molecule has 4 rings (SSSR count). The molecule has 0 aliphatic heterocycles. The molecule has 0 amide bonds. The van der Waals surface area contributed by atoms with Crippen LogP contribution in [0, 0.1) is 0 Å². The van der Waals surface area contributed by atoms with Gasteiger partial charge in [-0.3, -0.25) is 0 Å². The molecule has 0 aliphatic rings. The Hall–Kier alpha value is -2.68. The lowest BCUT2D eigenvalue weighted by atomic mass is 10.2. The third-order valence-electron chi connectivity index (χ3n) is 3.31. The maximum absolute atomic E-state index is 4.61. The molecular formula is C16H12N3+. The Morgan fingerprint density at radius 1 is 0.789 bits per heavy atom. The first-order chi connectivity index (χ1) is 9.42. The van der Waals surface area contributed by atoms with Crippen molar-refractivity contribution >= 4 is 16.6 Å². The zero-order valence-electron chi connectivity index (χ0n) is 10.3. The van der Waals surface area contributed by atoms with Gasteiger partial charge >= 0.3 is 5.65 Å². The lowest BCUT2D eigenvalue weighted by Gasteiger charge is -1.94. The second kappa shape index (κ2) is 3.92. The fraction of sp³-hybridized carbons (Fsp3) is 0. The van der Waals surface area contributed by atoms with Crippen molar-refractivity contribution in [1.82, 2.24) is 9.78 Å². The average molecular weight is 246 g/mol. The van der Waals surface area contributed by atoms with Crippen molar-refractivity contribution in [3.63, 3.8) is 0 Å². The van der Waals surface area contributed by atoms with Crippen molar-refractivity contribution < 1.29 is 4.40 Å². The van der Waals surface area contributed by atoms with Gasteiger partial charge in [-0.05, 0) is 24.3 Å². The van der Waals surface area contributed by atoms with Gasteiger partial charge in [-0.1, -0.05) is 41.1 Å². The first kappa shape index (κ1) is 10.3. The van der Waals surface area contributed by atoms with Crippen LogP contribution in [0.4, 0.5) is 0 Å². The van der Waals surface area contributed by atoms with Gasteiger partial charge in [-0.2, -0.15) is 4.40 Å². The quantitative estimate of drug-likeness (QED) is 0.473. The van der Waals surface area contributed by atoms with Gasteiger partial charge in [0.15, 0.2) is 0 Å². The summed E-state index contributed by atoms with van der Waals surface area (Å²) in [6.45, 7) is 0. The number of pyridine rings is 1. The van der Waals surface area contributed by atoms with Gasteiger partial charge in [-0.25, -0.2) is 0 Å². The highest BCUT2D eigenvalue weighted by Crippen LogP contribution is 2.11. The van der Waals surface area contributed by atoms with Crippen molar-refractivity contribution in [2.24, 2.45) is 0 Å². The number of para-hydroxylation sites is 2. The van der Waals surface area contributed by atoms with Crippen LogP contribution in [0.5, 0.6) is 0 Å². The maximum atomic E-state index is 4.61. The summed E-state index contributed by atoms with van der Waals surface area (Å²) in [6, 6.07) is 22.6. The van der Waals surface area contributed by atoms with Crippen LogP contribution in [0.3, 0.4) is 0 Å². The molecule has 3 nitrogen and oxygen atoms in total. The smallest absolute Gasteiger partial charge is 0.196 e. The van der Waals surface area contributed by atoms with Crippen LogP contribution in [0.2, 0.25) is 0 Å². The summed E-state index contributed by atoms with van der Waals surface area (Å²) in [4.78, 5) is 0. The monoisotopic (exact) mass is 246 g/mol. The largest absolute Gasteiger partial charge is 0.306 e. The van der Waals surface area contributed by atoms with Gasteiger partial charge in [0.25, 0.3) is 0 Å². The van der Waals surface area contributed by atoms with Crippen molar-refractivity contribution in [3.8, 4) is 5.69 Å². The van der Waals surface area contributed by atoms with Crippen molar-refractivity contribution in [2.75, 3.05) is 0 Å². The summed E-state index contributed by atoms with van der Waals surface area (Å²) >= 11 is 0. The van der Waals surface area contributed by atoms with E-state index in [4.69, 9.17) is 0 Å². The van der Waals surface area contributed by atoms with Crippen molar-refractivity contribution in [1.29, 1.82) is 0 Å². The van der Waals surface area contributed by atoms with Crippen molar-refractivity contribution in [2.45, 2.75) is 0 Å². The Balaban J connectivity index is 2.04. The summed E-state index contributed by atoms with van der Waals surface area (Å²) < 4.78 is 4.02. The zero-order valence-corrected chi connectivity index (χ0v) is 10.3. The summed E-state index contributed by atoms with van der Waals surface area (Å²) in [6.07, 6.45) is 2.02. The van der Waals surface area contributed by atoms with Gasteiger partial charge in [0.2, 0.25) is 6.33 Å². The van der Waals surface area contributed by atoms with Crippen LogP contribution >= 0.6 is 0 Å². The normalized spacial score (nSPS) is 11.2. The summed E-state index contributed by atoms with van der Waals surface area (Å²) in [5.41, 5.74) is 3.18. The summed E-state index contributed by atoms with van der Waals surface area (Å²) in [5.74, 6) is 0. The van der Waals surface area contributed by atoms with Crippen LogP contribution in [0.25, 0.3) is 22.2 Å². The Kier molecular flexibility index (Phi) is 2.12. The zero-order chi connectivity index (χ0) is 12.7. The van der Waals surface area contributed by atoms with E-state index < -0.39 is 0 Å². The van der Waals surface area contributed by atoms with E-state index in [-0.39, 0.29) is 0 Å². The highest BCUT2D eigenvalue weighted by atomic mass is 15.3. The molecule has 0 spiro atoms. The SMILES string of the molecule is c1ccc(-n2c[n+]3c(ccc4ccccc43)n2)cc1. The molecule has 19 heavy (non-hydrogen) atoms. The molecule has 0 saturated carbocycles. The molecule has 0 N–H and O–H groups in total. The molecule has 90 valence electrons. The minimum Gasteiger partial charge on any atom is -0.196 e. The van der Waals surface area contributed by atoms with Gasteiger partial charge < -0.3 is 0 Å². The van der Waals surface area contributed by atoms with E-state index in [9.17, 15) is 0 Å². The third kappa shape index (κ3) is 1.59. The Morgan fingerprint density at radius 3 is 2.47 bits per heavy atom. The third-order valence-corrected chi connectivity index (χ3v) is 3.31. The first-order valence-electron chi connectivity index (χ1n) is 6.26. The van der Waals surface area contributed by atoms with E-state index in [1.165, 1.54) is 10.9 Å². The molecule has 0 aliphatic carbocycles. The molecule has 0 fully saturated rings. The number of nitrogens with zero attached hydrogens (tertiary/aromatic N) is 3. The minimum atomic E-state index is 0.947. The first-order valence-corrected chi connectivity index (χ1v) is 6.26. The van der Waals surface area contributed by atoms with Crippen LogP contribution in [0.15, 0.2) is 73.1 Å². The molecule has 0 atom stereocenters. The molecule has 2 aromatic heterocycles. The molecule has 0 bridgehead atoms. The molecule has 2 heterocycles. The van der Waals surface area contributed by atoms with Gasteiger partial charge in [0.1, 0.15) is 11.2 Å². The van der Waals surface area contributed by atoms with Gasteiger partial charge in [0.05, 0.1) is 5.10 Å². The number of hydrogen-bond acceptors (Lipinski definition) is 1. The number of aromatic nitrogens is 3. The Morgan fingerprint density at radius 2 is 1.58 bits per heavy atom. The Bertz CT molecular complexity index is 863. The topological polar surface area (TPSA) is 21.9 Å². The van der Waals surface area contributed by atoms with Crippen LogP contribution in [-0.2, 0) is 0 Å². The number of fused-ring (bicyclic) bond motifs is 3. The van der Waals surface area contributed by atoms with Crippen LogP contribution < -0.4 is 4.40 Å². The van der Waals surface area contributed by atoms with E-state index in [2.05, 4.69) is 52.0 Å². The predicted octanol–water partition coefficient (Wildman–Crippen LogP) is 2.76. The highest BCUT2D eigenvalue weighted by molar-refractivity contribution is 5.76. The minimum absolute atomic E-state index is 0.947. The number of hydrogen-bond donors (Lipinski definition) is 0. The van der Waals surface area contributed by atoms with E-state index in [1.54, 1.807) is 0 Å². The highest BCUT2D eigenvalue weighted by Gasteiger charge is 2.13. The number of rotatable bonds is 1. The second-order valence-corrected chi connectivity index (χ2v) is 4.52. The molecule has 2 aromatic carbocycles. The lowest BCUT2D eigenvalue weighted by Crippen LogP contribution is -2.19. The molecular weight excluding hydrogens is 234 g/mol. The van der Waals surface area contributed by atoms with Gasteiger partial charge in [0, 0.05) is 11.5 Å². The van der Waals surface area contributed by atoms with E-state index in [1.807, 2.05) is 35.3 Å². The summed E-state index contributed by atoms with van der Waals surface area (Å²) in [5, 5.41) is 5.83. The molecule has 0 unspecified atom stereocenters. The molecule has 0 radical (unpaired) electrons. The number of benzene rings is 2. The fourth-order valence-corrected chi connectivity index (χ4v) is 2.37. The lowest BCUT2D eigenvalue weighted by molar-refractivity contribution is -0.482. The predicted molar refractivity (Wildman–Crippen MR) is 74.2 cm³/mol. The molecule has 3 heteroatoms. The van der Waals surface area contributed by atoms with E-state index >= 15 is 0 Å². The van der Waals surface area contributed by atoms with E-state index in [0.29, 0.717) is 0 Å². The molecule has 0 saturated heterocycles. The molecule has 4 aromatic rings. The Labute approximate surface area is 110 Å². The average Bonchev–Trinajstić information content (AvgIpc) is 2.93. The van der Waals surface area contributed by atoms with E-state index in [0.717, 1.165) is 11.3 Å². The summed E-state index contributed by atoms with van der Waals surface area (Å²) in [7, 11) is 0. The van der Waals surface area contributed by atoms with Crippen LogP contribution in [-0.4, -0.2) is 9.78 Å². The van der Waals surface area contributed by atoms with Crippen molar-refractivity contribution in [3.05, 3.63) is 73.1 Å². The fourth-order valence-electron chi connectivity index (χ4n) is 2.37. The standard InChI is InChI=1S/C16H12N3/c1-2-7-14(8-3-1)19-12-18-15-9-5-4-6-13(15)10-11-16(18)17-19/h1-12H/q+1. The van der Waals surface area contributed by atoms with Gasteiger partial charge in [-0.15, -0.1) is 0 Å². The second-order valence-electron chi connectivity index (χ2n) is 4.52. The maximum Gasteiger partial charge on any atom is 0.306 e.